The van der Waals surface area contributed by atoms with Gasteiger partial charge in [0.05, 0.1) is 25.6 Å². The minimum atomic E-state index is -0.412. The molecule has 0 fully saturated rings. The number of rotatable bonds is 5. The molecular formula is C18H16ClN3O3S. The highest BCUT2D eigenvalue weighted by molar-refractivity contribution is 7.14. The number of carbonyl (C=O) groups is 1. The van der Waals surface area contributed by atoms with Gasteiger partial charge in [0.2, 0.25) is 0 Å². The average Bonchev–Trinajstić information content (AvgIpc) is 3.11. The van der Waals surface area contributed by atoms with E-state index in [0.717, 1.165) is 11.3 Å². The van der Waals surface area contributed by atoms with Crippen LogP contribution in [0.3, 0.4) is 0 Å². The first-order valence-electron chi connectivity index (χ1n) is 7.60. The zero-order valence-corrected chi connectivity index (χ0v) is 15.6. The molecule has 0 atom stereocenters. The van der Waals surface area contributed by atoms with Crippen LogP contribution >= 0.6 is 22.9 Å². The number of methoxy groups -OCH3 is 2. The van der Waals surface area contributed by atoms with E-state index in [1.807, 2.05) is 17.5 Å². The molecule has 1 heterocycles. The Morgan fingerprint density at radius 3 is 2.54 bits per heavy atom. The van der Waals surface area contributed by atoms with Gasteiger partial charge in [0.25, 0.3) is 0 Å². The predicted octanol–water partition coefficient (Wildman–Crippen LogP) is 5.12. The minimum Gasteiger partial charge on any atom is -0.497 e. The number of halogens is 1. The van der Waals surface area contributed by atoms with Crippen molar-refractivity contribution in [1.29, 1.82) is 0 Å². The minimum absolute atomic E-state index is 0.412. The van der Waals surface area contributed by atoms with Gasteiger partial charge in [0.1, 0.15) is 11.5 Å². The zero-order valence-electron chi connectivity index (χ0n) is 14.1. The highest BCUT2D eigenvalue weighted by Gasteiger charge is 2.11. The van der Waals surface area contributed by atoms with Crippen LogP contribution in [0, 0.1) is 0 Å². The van der Waals surface area contributed by atoms with E-state index < -0.39 is 6.03 Å². The van der Waals surface area contributed by atoms with Crippen molar-refractivity contribution in [3.8, 4) is 22.8 Å². The number of thiazole rings is 1. The lowest BCUT2D eigenvalue weighted by atomic mass is 10.2. The van der Waals surface area contributed by atoms with Crippen LogP contribution in [0.25, 0.3) is 11.3 Å². The SMILES string of the molecule is COc1ccc(NC(=O)Nc2nc(-c3ccc(Cl)cc3)cs2)c(OC)c1. The Hall–Kier alpha value is -2.77. The second-order valence-corrected chi connectivity index (χ2v) is 6.48. The number of hydrogen-bond donors (Lipinski definition) is 2. The fourth-order valence-corrected chi connectivity index (χ4v) is 3.08. The third kappa shape index (κ3) is 4.25. The molecule has 0 saturated heterocycles. The molecule has 0 aliphatic carbocycles. The van der Waals surface area contributed by atoms with Crippen molar-refractivity contribution in [2.45, 2.75) is 0 Å². The zero-order chi connectivity index (χ0) is 18.5. The normalized spacial score (nSPS) is 10.3. The average molecular weight is 390 g/mol. The van der Waals surface area contributed by atoms with Crippen LogP contribution in [-0.2, 0) is 0 Å². The van der Waals surface area contributed by atoms with Gasteiger partial charge in [-0.15, -0.1) is 11.3 Å². The molecule has 26 heavy (non-hydrogen) atoms. The standard InChI is InChI=1S/C18H16ClN3O3S/c1-24-13-7-8-14(16(9-13)25-2)20-17(23)22-18-21-15(10-26-18)11-3-5-12(19)6-4-11/h3-10H,1-2H3,(H2,20,21,22,23). The van der Waals surface area contributed by atoms with E-state index in [4.69, 9.17) is 21.1 Å². The van der Waals surface area contributed by atoms with Gasteiger partial charge in [-0.1, -0.05) is 23.7 Å². The molecule has 6 nitrogen and oxygen atoms in total. The quantitative estimate of drug-likeness (QED) is 0.634. The Kier molecular flexibility index (Phi) is 5.60. The Morgan fingerprint density at radius 2 is 1.85 bits per heavy atom. The van der Waals surface area contributed by atoms with Crippen LogP contribution in [0.15, 0.2) is 47.8 Å². The first-order chi connectivity index (χ1) is 12.6. The molecule has 3 rings (SSSR count). The van der Waals surface area contributed by atoms with Gasteiger partial charge in [0, 0.05) is 22.0 Å². The van der Waals surface area contributed by atoms with Crippen molar-refractivity contribution in [3.05, 3.63) is 52.9 Å². The number of nitrogens with zero attached hydrogens (tertiary/aromatic N) is 1. The number of benzene rings is 2. The van der Waals surface area contributed by atoms with Crippen molar-refractivity contribution in [3.63, 3.8) is 0 Å². The van der Waals surface area contributed by atoms with E-state index in [0.29, 0.717) is 27.3 Å². The highest BCUT2D eigenvalue weighted by Crippen LogP contribution is 2.30. The number of hydrogen-bond acceptors (Lipinski definition) is 5. The maximum absolute atomic E-state index is 12.2. The third-order valence-corrected chi connectivity index (χ3v) is 4.53. The summed E-state index contributed by atoms with van der Waals surface area (Å²) in [6.07, 6.45) is 0. The summed E-state index contributed by atoms with van der Waals surface area (Å²) in [5, 5.41) is 8.47. The lowest BCUT2D eigenvalue weighted by molar-refractivity contribution is 0.262. The van der Waals surface area contributed by atoms with Gasteiger partial charge >= 0.3 is 6.03 Å². The van der Waals surface area contributed by atoms with Crippen molar-refractivity contribution in [2.75, 3.05) is 24.9 Å². The molecule has 0 unspecified atom stereocenters. The van der Waals surface area contributed by atoms with Gasteiger partial charge in [0.15, 0.2) is 5.13 Å². The predicted molar refractivity (Wildman–Crippen MR) is 105 cm³/mol. The maximum atomic E-state index is 12.2. The third-order valence-electron chi connectivity index (χ3n) is 3.52. The van der Waals surface area contributed by atoms with Crippen LogP contribution in [-0.4, -0.2) is 25.2 Å². The molecule has 134 valence electrons. The molecule has 0 bridgehead atoms. The van der Waals surface area contributed by atoms with E-state index in [9.17, 15) is 4.79 Å². The first-order valence-corrected chi connectivity index (χ1v) is 8.86. The van der Waals surface area contributed by atoms with Crippen molar-refractivity contribution < 1.29 is 14.3 Å². The lowest BCUT2D eigenvalue weighted by Gasteiger charge is -2.11. The molecule has 0 aliphatic heterocycles. The summed E-state index contributed by atoms with van der Waals surface area (Å²) in [5.41, 5.74) is 2.22. The van der Waals surface area contributed by atoms with Gasteiger partial charge in [-0.3, -0.25) is 5.32 Å². The second kappa shape index (κ2) is 8.07. The van der Waals surface area contributed by atoms with Crippen molar-refractivity contribution in [2.24, 2.45) is 0 Å². The summed E-state index contributed by atoms with van der Waals surface area (Å²) >= 11 is 7.23. The monoisotopic (exact) mass is 389 g/mol. The fourth-order valence-electron chi connectivity index (χ4n) is 2.24. The van der Waals surface area contributed by atoms with E-state index in [1.54, 1.807) is 37.4 Å². The van der Waals surface area contributed by atoms with E-state index in [2.05, 4.69) is 15.6 Å². The summed E-state index contributed by atoms with van der Waals surface area (Å²) in [7, 11) is 3.09. The molecule has 8 heteroatoms. The molecule has 2 amide bonds. The van der Waals surface area contributed by atoms with E-state index >= 15 is 0 Å². The summed E-state index contributed by atoms with van der Waals surface area (Å²) in [6, 6.07) is 12.1. The number of nitrogens with one attached hydrogen (secondary N) is 2. The summed E-state index contributed by atoms with van der Waals surface area (Å²) in [5.74, 6) is 1.14. The molecule has 2 aromatic carbocycles. The highest BCUT2D eigenvalue weighted by atomic mass is 35.5. The number of anilines is 2. The van der Waals surface area contributed by atoms with Gasteiger partial charge < -0.3 is 14.8 Å². The van der Waals surface area contributed by atoms with Gasteiger partial charge in [-0.25, -0.2) is 9.78 Å². The smallest absolute Gasteiger partial charge is 0.325 e. The van der Waals surface area contributed by atoms with Gasteiger partial charge in [-0.2, -0.15) is 0 Å². The Bertz CT molecular complexity index is 912. The Morgan fingerprint density at radius 1 is 1.08 bits per heavy atom. The molecule has 1 aromatic heterocycles. The maximum Gasteiger partial charge on any atom is 0.325 e. The fraction of sp³-hybridized carbons (Fsp3) is 0.111. The Labute approximate surface area is 159 Å². The first kappa shape index (κ1) is 18.0. The lowest BCUT2D eigenvalue weighted by Crippen LogP contribution is -2.19. The summed E-state index contributed by atoms with van der Waals surface area (Å²) in [6.45, 7) is 0. The number of ether oxygens (including phenoxy) is 2. The molecule has 2 N–H and O–H groups in total. The largest absolute Gasteiger partial charge is 0.497 e. The van der Waals surface area contributed by atoms with Crippen molar-refractivity contribution >= 4 is 39.8 Å². The molecular weight excluding hydrogens is 374 g/mol. The molecule has 0 saturated carbocycles. The van der Waals surface area contributed by atoms with Crippen molar-refractivity contribution in [1.82, 2.24) is 4.98 Å². The topological polar surface area (TPSA) is 72.5 Å². The summed E-state index contributed by atoms with van der Waals surface area (Å²) in [4.78, 5) is 16.6. The number of carbonyl (C=O) groups excluding carboxylic acids is 1. The van der Waals surface area contributed by atoms with Gasteiger partial charge in [-0.05, 0) is 24.3 Å². The van der Waals surface area contributed by atoms with E-state index in [-0.39, 0.29) is 0 Å². The summed E-state index contributed by atoms with van der Waals surface area (Å²) < 4.78 is 10.4. The molecule has 3 aromatic rings. The van der Waals surface area contributed by atoms with E-state index in [1.165, 1.54) is 18.4 Å². The Balaban J connectivity index is 1.68. The number of aromatic nitrogens is 1. The number of amides is 2. The second-order valence-electron chi connectivity index (χ2n) is 5.19. The number of urea groups is 1. The molecule has 0 aliphatic rings. The van der Waals surface area contributed by atoms with Crippen LogP contribution in [0.5, 0.6) is 11.5 Å². The molecule has 0 spiro atoms. The van der Waals surface area contributed by atoms with Crippen LogP contribution < -0.4 is 20.1 Å². The van der Waals surface area contributed by atoms with Crippen LogP contribution in [0.4, 0.5) is 15.6 Å². The van der Waals surface area contributed by atoms with Crippen LogP contribution in [0.2, 0.25) is 5.02 Å². The molecule has 0 radical (unpaired) electrons. The van der Waals surface area contributed by atoms with Crippen LogP contribution in [0.1, 0.15) is 0 Å².